The lowest BCUT2D eigenvalue weighted by Crippen LogP contribution is -2.16. The van der Waals surface area contributed by atoms with Gasteiger partial charge in [0.05, 0.1) is 46.9 Å². The van der Waals surface area contributed by atoms with Gasteiger partial charge in [0.1, 0.15) is 5.75 Å². The van der Waals surface area contributed by atoms with Crippen molar-refractivity contribution in [1.82, 2.24) is 14.5 Å². The van der Waals surface area contributed by atoms with Crippen LogP contribution in [-0.4, -0.2) is 21.6 Å². The number of aromatic nitrogens is 3. The molecule has 0 atom stereocenters. The SMILES string of the molecule is COc1ccccc1-c1cc(-c2cc(C(C)(C)C)cc(C(C)(C)C)c2)cc(-c2cc(-c3cc(-c4cccc5c6ccccc6n(-c6ccccc6)c45)ccn3)ccc2-c2ccccc2C#N)n1. The van der Waals surface area contributed by atoms with Crippen molar-refractivity contribution >= 4 is 21.8 Å². The topological polar surface area (TPSA) is 63.7 Å². The van der Waals surface area contributed by atoms with Crippen LogP contribution in [0.2, 0.25) is 0 Å². The molecule has 0 radical (unpaired) electrons. The van der Waals surface area contributed by atoms with Crippen LogP contribution in [0.1, 0.15) is 58.2 Å². The first kappa shape index (κ1) is 42.9. The van der Waals surface area contributed by atoms with E-state index in [1.807, 2.05) is 48.7 Å². The molecule has 10 aromatic rings. The summed E-state index contributed by atoms with van der Waals surface area (Å²) < 4.78 is 8.33. The number of nitrogens with zero attached hydrogens (tertiary/aromatic N) is 4. The van der Waals surface area contributed by atoms with E-state index < -0.39 is 0 Å². The Hall–Kier alpha value is -8.07. The summed E-state index contributed by atoms with van der Waals surface area (Å²) in [5, 5.41) is 12.9. The van der Waals surface area contributed by atoms with E-state index in [0.717, 1.165) is 89.6 Å². The number of hydrogen-bond donors (Lipinski definition) is 0. The van der Waals surface area contributed by atoms with Crippen LogP contribution in [0, 0.1) is 11.3 Å². The molecule has 0 bridgehead atoms. The fourth-order valence-electron chi connectivity index (χ4n) is 9.31. The minimum Gasteiger partial charge on any atom is -0.496 e. The molecule has 5 heteroatoms. The molecule has 10 rings (SSSR count). The number of methoxy groups -OCH3 is 1. The molecule has 0 saturated heterocycles. The molecule has 0 saturated carbocycles. The Morgan fingerprint density at radius 3 is 1.82 bits per heavy atom. The molecule has 0 fully saturated rings. The maximum atomic E-state index is 10.5. The molecule has 326 valence electrons. The van der Waals surface area contributed by atoms with Crippen molar-refractivity contribution in [2.75, 3.05) is 7.11 Å². The van der Waals surface area contributed by atoms with Crippen LogP contribution in [0.3, 0.4) is 0 Å². The average Bonchev–Trinajstić information content (AvgIpc) is 3.70. The minimum atomic E-state index is -0.0783. The predicted molar refractivity (Wildman–Crippen MR) is 278 cm³/mol. The summed E-state index contributed by atoms with van der Waals surface area (Å²) in [7, 11) is 1.70. The Morgan fingerprint density at radius 2 is 1.09 bits per heavy atom. The molecule has 5 nitrogen and oxygen atoms in total. The zero-order valence-electron chi connectivity index (χ0n) is 39.1. The molecule has 0 spiro atoms. The molecule has 3 heterocycles. The lowest BCUT2D eigenvalue weighted by atomic mass is 9.79. The summed E-state index contributed by atoms with van der Waals surface area (Å²) in [6, 6.07) is 66.3. The first-order valence-electron chi connectivity index (χ1n) is 22.9. The number of nitriles is 1. The normalized spacial score (nSPS) is 11.8. The zero-order valence-corrected chi connectivity index (χ0v) is 39.1. The van der Waals surface area contributed by atoms with E-state index in [2.05, 4.69) is 192 Å². The summed E-state index contributed by atoms with van der Waals surface area (Å²) in [6.45, 7) is 13.6. The van der Waals surface area contributed by atoms with Gasteiger partial charge in [0, 0.05) is 50.5 Å². The zero-order chi connectivity index (χ0) is 46.5. The molecule has 67 heavy (non-hydrogen) atoms. The van der Waals surface area contributed by atoms with Gasteiger partial charge in [-0.2, -0.15) is 5.26 Å². The molecule has 0 amide bonds. The van der Waals surface area contributed by atoms with Gasteiger partial charge in [-0.25, -0.2) is 4.98 Å². The second kappa shape index (κ2) is 17.1. The van der Waals surface area contributed by atoms with Crippen molar-refractivity contribution in [3.8, 4) is 84.7 Å². The van der Waals surface area contributed by atoms with Gasteiger partial charge in [-0.15, -0.1) is 0 Å². The van der Waals surface area contributed by atoms with Crippen molar-refractivity contribution in [3.05, 3.63) is 205 Å². The van der Waals surface area contributed by atoms with Crippen LogP contribution in [-0.2, 0) is 10.8 Å². The van der Waals surface area contributed by atoms with Crippen molar-refractivity contribution in [2.45, 2.75) is 52.4 Å². The third kappa shape index (κ3) is 8.06. The molecular formula is C62H52N4O. The number of para-hydroxylation sites is 4. The number of pyridine rings is 2. The fraction of sp³-hybridized carbons (Fsp3) is 0.145. The highest BCUT2D eigenvalue weighted by Gasteiger charge is 2.24. The van der Waals surface area contributed by atoms with E-state index in [-0.39, 0.29) is 10.8 Å². The number of rotatable bonds is 8. The third-order valence-electron chi connectivity index (χ3n) is 12.9. The minimum absolute atomic E-state index is 0.0783. The van der Waals surface area contributed by atoms with Gasteiger partial charge in [0.25, 0.3) is 0 Å². The van der Waals surface area contributed by atoms with Crippen LogP contribution in [0.4, 0.5) is 0 Å². The molecule has 0 aliphatic rings. The Morgan fingerprint density at radius 1 is 0.478 bits per heavy atom. The van der Waals surface area contributed by atoms with E-state index in [1.165, 1.54) is 21.9 Å². The van der Waals surface area contributed by atoms with Crippen LogP contribution in [0.25, 0.3) is 94.6 Å². The quantitative estimate of drug-likeness (QED) is 0.153. The summed E-state index contributed by atoms with van der Waals surface area (Å²) in [4.78, 5) is 10.5. The molecule has 0 aliphatic carbocycles. The second-order valence-electron chi connectivity index (χ2n) is 19.4. The Bertz CT molecular complexity index is 3510. The first-order valence-corrected chi connectivity index (χ1v) is 22.9. The van der Waals surface area contributed by atoms with Gasteiger partial charge in [-0.1, -0.05) is 157 Å². The molecule has 3 aromatic heterocycles. The van der Waals surface area contributed by atoms with Gasteiger partial charge < -0.3 is 9.30 Å². The fourth-order valence-corrected chi connectivity index (χ4v) is 9.31. The van der Waals surface area contributed by atoms with Crippen LogP contribution >= 0.6 is 0 Å². The Kier molecular flexibility index (Phi) is 10.9. The standard InChI is InChI=1S/C62H52N4O/c1-61(2,3)45-32-43(33-46(38-45)62(4,5)6)44-36-56(53-23-14-16-27-59(53)67-7)65-57(37-44)54-34-41(28-29-50(54)48-21-12-11-18-42(48)39-63)55-35-40(30-31-64-55)49-24-17-25-52-51-22-13-15-26-58(51)66(60(49)52)47-19-9-8-10-20-47/h8-38H,1-7H3. The third-order valence-corrected chi connectivity index (χ3v) is 12.9. The number of hydrogen-bond acceptors (Lipinski definition) is 4. The molecule has 0 aliphatic heterocycles. The summed E-state index contributed by atoms with van der Waals surface area (Å²) in [5.41, 5.74) is 17.5. The largest absolute Gasteiger partial charge is 0.496 e. The van der Waals surface area contributed by atoms with E-state index in [9.17, 15) is 5.26 Å². The van der Waals surface area contributed by atoms with E-state index >= 15 is 0 Å². The van der Waals surface area contributed by atoms with Crippen molar-refractivity contribution in [3.63, 3.8) is 0 Å². The Labute approximate surface area is 393 Å². The first-order chi connectivity index (χ1) is 32.4. The van der Waals surface area contributed by atoms with Crippen LogP contribution < -0.4 is 4.74 Å². The summed E-state index contributed by atoms with van der Waals surface area (Å²) in [6.07, 6.45) is 1.91. The second-order valence-corrected chi connectivity index (χ2v) is 19.4. The van der Waals surface area contributed by atoms with Crippen molar-refractivity contribution < 1.29 is 4.74 Å². The summed E-state index contributed by atoms with van der Waals surface area (Å²) >= 11 is 0. The van der Waals surface area contributed by atoms with Crippen molar-refractivity contribution in [2.24, 2.45) is 0 Å². The van der Waals surface area contributed by atoms with Gasteiger partial charge >= 0.3 is 0 Å². The maximum Gasteiger partial charge on any atom is 0.128 e. The van der Waals surface area contributed by atoms with Crippen LogP contribution in [0.15, 0.2) is 188 Å². The molecule has 0 unspecified atom stereocenters. The average molecular weight is 869 g/mol. The van der Waals surface area contributed by atoms with E-state index in [4.69, 9.17) is 14.7 Å². The highest BCUT2D eigenvalue weighted by molar-refractivity contribution is 6.14. The lowest BCUT2D eigenvalue weighted by Gasteiger charge is -2.26. The highest BCUT2D eigenvalue weighted by atomic mass is 16.5. The highest BCUT2D eigenvalue weighted by Crippen LogP contribution is 2.43. The molecule has 7 aromatic carbocycles. The number of benzene rings is 7. The van der Waals surface area contributed by atoms with Gasteiger partial charge in [-0.3, -0.25) is 4.98 Å². The van der Waals surface area contributed by atoms with Gasteiger partial charge in [-0.05, 0) is 111 Å². The van der Waals surface area contributed by atoms with Crippen molar-refractivity contribution in [1.29, 1.82) is 5.26 Å². The Balaban J connectivity index is 1.21. The van der Waals surface area contributed by atoms with Gasteiger partial charge in [0.2, 0.25) is 0 Å². The molecular weight excluding hydrogens is 817 g/mol. The molecule has 0 N–H and O–H groups in total. The lowest BCUT2D eigenvalue weighted by molar-refractivity contribution is 0.416. The van der Waals surface area contributed by atoms with Gasteiger partial charge in [0.15, 0.2) is 0 Å². The smallest absolute Gasteiger partial charge is 0.128 e. The maximum absolute atomic E-state index is 10.5. The summed E-state index contributed by atoms with van der Waals surface area (Å²) in [5.74, 6) is 0.739. The van der Waals surface area contributed by atoms with Crippen LogP contribution in [0.5, 0.6) is 5.75 Å². The predicted octanol–water partition coefficient (Wildman–Crippen LogP) is 16.1. The van der Waals surface area contributed by atoms with E-state index in [1.54, 1.807) is 7.11 Å². The van der Waals surface area contributed by atoms with E-state index in [0.29, 0.717) is 5.56 Å². The number of ether oxygens (including phenoxy) is 1. The number of fused-ring (bicyclic) bond motifs is 3. The monoisotopic (exact) mass is 868 g/mol.